The molecule has 18 heavy (non-hydrogen) atoms. The smallest absolute Gasteiger partial charge is 0.209 e. The molecular weight excluding hydrogens is 254 g/mol. The number of rotatable bonds is 6. The molecule has 0 radical (unpaired) electrons. The Hall–Kier alpha value is -1.40. The Labute approximate surface area is 107 Å². The molecule has 0 bridgehead atoms. The molecule has 0 atom stereocenters. The Bertz CT molecular complexity index is 537. The van der Waals surface area contributed by atoms with Gasteiger partial charge in [0.1, 0.15) is 11.5 Å². The molecule has 0 aliphatic heterocycles. The van der Waals surface area contributed by atoms with E-state index in [-0.39, 0.29) is 12.3 Å². The largest absolute Gasteiger partial charge is 0.496 e. The van der Waals surface area contributed by atoms with Gasteiger partial charge in [-0.25, -0.2) is 13.1 Å². The van der Waals surface area contributed by atoms with E-state index in [1.165, 1.54) is 14.0 Å². The Balaban J connectivity index is 2.89. The van der Waals surface area contributed by atoms with Crippen LogP contribution in [0.15, 0.2) is 18.2 Å². The molecule has 1 rings (SSSR count). The number of carbonyl (C=O) groups is 1. The summed E-state index contributed by atoms with van der Waals surface area (Å²) in [7, 11) is -1.73. The highest BCUT2D eigenvalue weighted by molar-refractivity contribution is 7.88. The lowest BCUT2D eigenvalue weighted by molar-refractivity contribution is -0.116. The normalized spacial score (nSPS) is 11.3. The van der Waals surface area contributed by atoms with Gasteiger partial charge in [0.2, 0.25) is 10.0 Å². The Kier molecular flexibility index (Phi) is 4.86. The van der Waals surface area contributed by atoms with Crippen molar-refractivity contribution in [3.63, 3.8) is 0 Å². The molecule has 0 heterocycles. The lowest BCUT2D eigenvalue weighted by Gasteiger charge is -2.10. The summed E-state index contributed by atoms with van der Waals surface area (Å²) < 4.78 is 29.6. The van der Waals surface area contributed by atoms with Crippen molar-refractivity contribution in [3.05, 3.63) is 29.3 Å². The Morgan fingerprint density at radius 2 is 2.06 bits per heavy atom. The minimum Gasteiger partial charge on any atom is -0.496 e. The monoisotopic (exact) mass is 271 g/mol. The van der Waals surface area contributed by atoms with E-state index in [1.807, 2.05) is 0 Å². The molecule has 1 aromatic carbocycles. The van der Waals surface area contributed by atoms with Crippen molar-refractivity contribution >= 4 is 15.8 Å². The fraction of sp³-hybridized carbons (Fsp3) is 0.417. The van der Waals surface area contributed by atoms with E-state index < -0.39 is 10.0 Å². The highest BCUT2D eigenvalue weighted by Gasteiger charge is 2.08. The van der Waals surface area contributed by atoms with Crippen molar-refractivity contribution < 1.29 is 17.9 Å². The molecule has 0 amide bonds. The maximum atomic E-state index is 11.0. The number of hydrogen-bond acceptors (Lipinski definition) is 4. The SMILES string of the molecule is COc1cc(CC(C)=O)ccc1CNS(C)(=O)=O. The molecule has 5 nitrogen and oxygen atoms in total. The van der Waals surface area contributed by atoms with E-state index in [9.17, 15) is 13.2 Å². The quantitative estimate of drug-likeness (QED) is 0.833. The molecule has 0 aliphatic rings. The first-order chi connectivity index (χ1) is 8.31. The van der Waals surface area contributed by atoms with E-state index in [2.05, 4.69) is 4.72 Å². The third-order valence-corrected chi connectivity index (χ3v) is 3.00. The van der Waals surface area contributed by atoms with Gasteiger partial charge in [0.15, 0.2) is 0 Å². The van der Waals surface area contributed by atoms with Gasteiger partial charge < -0.3 is 4.74 Å². The molecule has 0 unspecified atom stereocenters. The summed E-state index contributed by atoms with van der Waals surface area (Å²) >= 11 is 0. The number of hydrogen-bond donors (Lipinski definition) is 1. The molecule has 1 N–H and O–H groups in total. The summed E-state index contributed by atoms with van der Waals surface area (Å²) in [5.74, 6) is 0.643. The van der Waals surface area contributed by atoms with E-state index in [4.69, 9.17) is 4.74 Å². The number of ether oxygens (including phenoxy) is 1. The average Bonchev–Trinajstić information content (AvgIpc) is 2.25. The van der Waals surface area contributed by atoms with Crippen molar-refractivity contribution in [3.8, 4) is 5.75 Å². The van der Waals surface area contributed by atoms with Gasteiger partial charge in [-0.3, -0.25) is 4.79 Å². The summed E-state index contributed by atoms with van der Waals surface area (Å²) in [6, 6.07) is 5.30. The number of nitrogens with one attached hydrogen (secondary N) is 1. The first-order valence-electron chi connectivity index (χ1n) is 5.41. The number of benzene rings is 1. The Morgan fingerprint density at radius 1 is 1.39 bits per heavy atom. The first-order valence-corrected chi connectivity index (χ1v) is 7.31. The van der Waals surface area contributed by atoms with Crippen LogP contribution < -0.4 is 9.46 Å². The molecule has 0 saturated heterocycles. The summed E-state index contributed by atoms with van der Waals surface area (Å²) in [6.07, 6.45) is 1.44. The minimum absolute atomic E-state index is 0.0686. The van der Waals surface area contributed by atoms with Crippen LogP contribution in [0.2, 0.25) is 0 Å². The van der Waals surface area contributed by atoms with Crippen LogP contribution >= 0.6 is 0 Å². The second-order valence-electron chi connectivity index (χ2n) is 4.12. The van der Waals surface area contributed by atoms with Crippen LogP contribution in [0.5, 0.6) is 5.75 Å². The number of carbonyl (C=O) groups excluding carboxylic acids is 1. The highest BCUT2D eigenvalue weighted by Crippen LogP contribution is 2.20. The minimum atomic E-state index is -3.24. The molecule has 1 aromatic rings. The average molecular weight is 271 g/mol. The maximum absolute atomic E-state index is 11.0. The summed E-state index contributed by atoms with van der Waals surface area (Å²) in [4.78, 5) is 11.0. The molecule has 100 valence electrons. The van der Waals surface area contributed by atoms with E-state index in [1.54, 1.807) is 18.2 Å². The number of methoxy groups -OCH3 is 1. The van der Waals surface area contributed by atoms with Gasteiger partial charge in [-0.2, -0.15) is 0 Å². The molecule has 0 fully saturated rings. The van der Waals surface area contributed by atoms with Gasteiger partial charge in [-0.05, 0) is 18.6 Å². The molecular formula is C12H17NO4S. The highest BCUT2D eigenvalue weighted by atomic mass is 32.2. The van der Waals surface area contributed by atoms with Crippen LogP contribution in [0.1, 0.15) is 18.1 Å². The first kappa shape index (κ1) is 14.7. The Morgan fingerprint density at radius 3 is 2.56 bits per heavy atom. The van der Waals surface area contributed by atoms with Crippen molar-refractivity contribution in [1.82, 2.24) is 4.72 Å². The van der Waals surface area contributed by atoms with E-state index in [0.717, 1.165) is 17.4 Å². The second-order valence-corrected chi connectivity index (χ2v) is 5.95. The number of sulfonamides is 1. The summed E-state index contributed by atoms with van der Waals surface area (Å²) in [6.45, 7) is 1.69. The van der Waals surface area contributed by atoms with Gasteiger partial charge in [0.05, 0.1) is 13.4 Å². The van der Waals surface area contributed by atoms with Crippen LogP contribution in [0.25, 0.3) is 0 Å². The lowest BCUT2D eigenvalue weighted by atomic mass is 10.1. The van der Waals surface area contributed by atoms with Crippen molar-refractivity contribution in [2.75, 3.05) is 13.4 Å². The van der Waals surface area contributed by atoms with Crippen molar-refractivity contribution in [1.29, 1.82) is 0 Å². The third-order valence-electron chi connectivity index (χ3n) is 2.33. The predicted molar refractivity (Wildman–Crippen MR) is 69.1 cm³/mol. The predicted octanol–water partition coefficient (Wildman–Crippen LogP) is 0.876. The van der Waals surface area contributed by atoms with Crippen LogP contribution in [-0.2, 0) is 27.8 Å². The van der Waals surface area contributed by atoms with E-state index >= 15 is 0 Å². The van der Waals surface area contributed by atoms with Crippen LogP contribution in [0.4, 0.5) is 0 Å². The zero-order valence-electron chi connectivity index (χ0n) is 10.7. The fourth-order valence-electron chi connectivity index (χ4n) is 1.54. The van der Waals surface area contributed by atoms with Crippen LogP contribution in [0.3, 0.4) is 0 Å². The van der Waals surface area contributed by atoms with Crippen molar-refractivity contribution in [2.45, 2.75) is 19.9 Å². The molecule has 0 spiro atoms. The zero-order valence-corrected chi connectivity index (χ0v) is 11.5. The molecule has 6 heteroatoms. The molecule has 0 saturated carbocycles. The van der Waals surface area contributed by atoms with Gasteiger partial charge in [0.25, 0.3) is 0 Å². The fourth-order valence-corrected chi connectivity index (χ4v) is 1.96. The van der Waals surface area contributed by atoms with E-state index in [0.29, 0.717) is 12.2 Å². The topological polar surface area (TPSA) is 72.5 Å². The van der Waals surface area contributed by atoms with Crippen LogP contribution in [0, 0.1) is 0 Å². The van der Waals surface area contributed by atoms with Gasteiger partial charge >= 0.3 is 0 Å². The van der Waals surface area contributed by atoms with Gasteiger partial charge in [-0.15, -0.1) is 0 Å². The van der Waals surface area contributed by atoms with Crippen LogP contribution in [-0.4, -0.2) is 27.6 Å². The second kappa shape index (κ2) is 5.97. The number of Topliss-reactive ketones (excluding diaryl/α,β-unsaturated/α-hetero) is 1. The standard InChI is InChI=1S/C12H17NO4S/c1-9(14)6-10-4-5-11(12(7-10)17-2)8-13-18(3,15)16/h4-5,7,13H,6,8H2,1-3H3. The number of ketones is 1. The van der Waals surface area contributed by atoms with Crippen molar-refractivity contribution in [2.24, 2.45) is 0 Å². The lowest BCUT2D eigenvalue weighted by Crippen LogP contribution is -2.21. The summed E-state index contributed by atoms with van der Waals surface area (Å²) in [5, 5.41) is 0. The van der Waals surface area contributed by atoms with Gasteiger partial charge in [-0.1, -0.05) is 12.1 Å². The summed E-state index contributed by atoms with van der Waals surface area (Å²) in [5.41, 5.74) is 1.58. The third kappa shape index (κ3) is 4.85. The zero-order chi connectivity index (χ0) is 13.8. The molecule has 0 aliphatic carbocycles. The van der Waals surface area contributed by atoms with Gasteiger partial charge in [0, 0.05) is 18.5 Å². The maximum Gasteiger partial charge on any atom is 0.209 e. The molecule has 0 aromatic heterocycles.